The van der Waals surface area contributed by atoms with Crippen molar-refractivity contribution in [2.75, 3.05) is 40.3 Å². The van der Waals surface area contributed by atoms with Gasteiger partial charge in [0.25, 0.3) is 0 Å². The van der Waals surface area contributed by atoms with Gasteiger partial charge in [0.2, 0.25) is 10.0 Å². The van der Waals surface area contributed by atoms with Crippen molar-refractivity contribution < 1.29 is 13.3 Å². The number of hydrogen-bond donors (Lipinski definition) is 3. The highest BCUT2D eigenvalue weighted by Gasteiger charge is 2.21. The average Bonchev–Trinajstić information content (AvgIpc) is 2.55. The minimum atomic E-state index is -3.41. The summed E-state index contributed by atoms with van der Waals surface area (Å²) in [7, 11) is 0.769. The molecule has 1 atom stereocenters. The fourth-order valence-corrected chi connectivity index (χ4v) is 4.13. The first-order valence-corrected chi connectivity index (χ1v) is 10.5. The molecule has 8 heteroatoms. The van der Waals surface area contributed by atoms with Crippen LogP contribution in [0.5, 0.6) is 0 Å². The second-order valence-corrected chi connectivity index (χ2v) is 8.58. The maximum absolute atomic E-state index is 12.5. The Morgan fingerprint density at radius 3 is 2.24 bits per heavy atom. The van der Waals surface area contributed by atoms with Crippen molar-refractivity contribution in [3.8, 4) is 0 Å². The van der Waals surface area contributed by atoms with Gasteiger partial charge in [-0.3, -0.25) is 0 Å². The fourth-order valence-electron chi connectivity index (χ4n) is 2.40. The van der Waals surface area contributed by atoms with Gasteiger partial charge in [-0.15, -0.1) is 0 Å². The topological polar surface area (TPSA) is 65.9 Å². The van der Waals surface area contributed by atoms with Gasteiger partial charge in [0.05, 0.1) is 38.1 Å². The molecule has 0 aliphatic carbocycles. The van der Waals surface area contributed by atoms with E-state index < -0.39 is 10.0 Å². The maximum atomic E-state index is 12.5. The predicted octanol–water partition coefficient (Wildman–Crippen LogP) is 0.387. The molecule has 0 fully saturated rings. The summed E-state index contributed by atoms with van der Waals surface area (Å²) in [6.07, 6.45) is 0. The van der Waals surface area contributed by atoms with Gasteiger partial charge in [0.15, 0.2) is 5.11 Å². The van der Waals surface area contributed by atoms with E-state index >= 15 is 0 Å². The lowest BCUT2D eigenvalue weighted by Crippen LogP contribution is -3.06. The molecule has 0 amide bonds. The third-order valence-electron chi connectivity index (χ3n) is 3.98. The third-order valence-corrected chi connectivity index (χ3v) is 6.31. The molecule has 1 aromatic carbocycles. The SMILES string of the molecule is CCN(CC)S(=O)(=O)c1ccc([C@H](C)NC(=S)NCC[NH+](C)C)cc1. The van der Waals surface area contributed by atoms with Gasteiger partial charge < -0.3 is 15.5 Å². The molecule has 1 aromatic rings. The summed E-state index contributed by atoms with van der Waals surface area (Å²) in [5.74, 6) is 0. The van der Waals surface area contributed by atoms with Gasteiger partial charge in [-0.25, -0.2) is 8.42 Å². The second kappa shape index (κ2) is 10.1. The highest BCUT2D eigenvalue weighted by Crippen LogP contribution is 2.19. The Bertz CT molecular complexity index is 641. The molecular formula is C17H31N4O2S2+. The normalized spacial score (nSPS) is 13.1. The standard InChI is InChI=1S/C17H30N4O2S2/c1-6-21(7-2)25(22,23)16-10-8-15(9-11-16)14(3)19-17(24)18-12-13-20(4)5/h8-11,14H,6-7,12-13H2,1-5H3,(H2,18,19,24)/p+1/t14-/m0/s1. The van der Waals surface area contributed by atoms with Crippen molar-refractivity contribution in [1.82, 2.24) is 14.9 Å². The highest BCUT2D eigenvalue weighted by molar-refractivity contribution is 7.89. The molecule has 25 heavy (non-hydrogen) atoms. The molecular weight excluding hydrogens is 356 g/mol. The Hall–Kier alpha value is -1.22. The van der Waals surface area contributed by atoms with E-state index in [1.165, 1.54) is 9.21 Å². The van der Waals surface area contributed by atoms with Gasteiger partial charge >= 0.3 is 0 Å². The molecule has 0 aliphatic rings. The number of sulfonamides is 1. The van der Waals surface area contributed by atoms with E-state index in [1.54, 1.807) is 12.1 Å². The number of hydrogen-bond acceptors (Lipinski definition) is 3. The Balaban J connectivity index is 2.71. The van der Waals surface area contributed by atoms with Crippen LogP contribution in [0.15, 0.2) is 29.2 Å². The third kappa shape index (κ3) is 6.54. The molecule has 0 radical (unpaired) electrons. The molecule has 3 N–H and O–H groups in total. The first-order valence-electron chi connectivity index (χ1n) is 8.65. The fraction of sp³-hybridized carbons (Fsp3) is 0.588. The van der Waals surface area contributed by atoms with E-state index in [0.717, 1.165) is 18.7 Å². The summed E-state index contributed by atoms with van der Waals surface area (Å²) in [5, 5.41) is 7.01. The number of nitrogens with one attached hydrogen (secondary N) is 3. The quantitative estimate of drug-likeness (QED) is 0.535. The van der Waals surface area contributed by atoms with Crippen LogP contribution in [0.25, 0.3) is 0 Å². The van der Waals surface area contributed by atoms with Gasteiger partial charge in [-0.1, -0.05) is 26.0 Å². The molecule has 0 unspecified atom stereocenters. The number of likely N-dealkylation sites (N-methyl/N-ethyl adjacent to an activating group) is 1. The van der Waals surface area contributed by atoms with Crippen LogP contribution in [0.1, 0.15) is 32.4 Å². The van der Waals surface area contributed by atoms with Crippen LogP contribution in [-0.2, 0) is 10.0 Å². The molecule has 0 saturated heterocycles. The molecule has 1 rings (SSSR count). The van der Waals surface area contributed by atoms with Crippen LogP contribution in [0.2, 0.25) is 0 Å². The van der Waals surface area contributed by atoms with Gasteiger partial charge in [-0.2, -0.15) is 4.31 Å². The van der Waals surface area contributed by atoms with Crippen LogP contribution in [-0.4, -0.2) is 58.1 Å². The van der Waals surface area contributed by atoms with Crippen LogP contribution in [0.3, 0.4) is 0 Å². The van der Waals surface area contributed by atoms with Crippen molar-refractivity contribution in [3.05, 3.63) is 29.8 Å². The van der Waals surface area contributed by atoms with E-state index in [0.29, 0.717) is 23.1 Å². The van der Waals surface area contributed by atoms with Gasteiger partial charge in [0.1, 0.15) is 0 Å². The summed E-state index contributed by atoms with van der Waals surface area (Å²) in [6, 6.07) is 6.98. The molecule has 142 valence electrons. The summed E-state index contributed by atoms with van der Waals surface area (Å²) < 4.78 is 26.5. The number of benzene rings is 1. The summed E-state index contributed by atoms with van der Waals surface area (Å²) >= 11 is 5.30. The Morgan fingerprint density at radius 1 is 1.20 bits per heavy atom. The van der Waals surface area contributed by atoms with E-state index in [-0.39, 0.29) is 6.04 Å². The molecule has 0 aliphatic heterocycles. The molecule has 6 nitrogen and oxygen atoms in total. The van der Waals surface area contributed by atoms with E-state index in [2.05, 4.69) is 24.7 Å². The summed E-state index contributed by atoms with van der Waals surface area (Å²) in [5.41, 5.74) is 0.987. The van der Waals surface area contributed by atoms with Crippen LogP contribution in [0.4, 0.5) is 0 Å². The van der Waals surface area contributed by atoms with Crippen LogP contribution >= 0.6 is 12.2 Å². The first-order chi connectivity index (χ1) is 11.7. The monoisotopic (exact) mass is 387 g/mol. The number of nitrogens with zero attached hydrogens (tertiary/aromatic N) is 1. The van der Waals surface area contributed by atoms with E-state index in [1.807, 2.05) is 32.9 Å². The lowest BCUT2D eigenvalue weighted by Gasteiger charge is -2.20. The molecule has 0 heterocycles. The number of thiocarbonyl (C=S) groups is 1. The minimum Gasteiger partial charge on any atom is -0.357 e. The zero-order valence-corrected chi connectivity index (χ0v) is 17.4. The Labute approximate surface area is 157 Å². The smallest absolute Gasteiger partial charge is 0.243 e. The summed E-state index contributed by atoms with van der Waals surface area (Å²) in [4.78, 5) is 1.68. The Kier molecular flexibility index (Phi) is 8.78. The number of quaternary nitrogens is 1. The maximum Gasteiger partial charge on any atom is 0.243 e. The molecule has 0 aromatic heterocycles. The summed E-state index contributed by atoms with van der Waals surface area (Å²) in [6.45, 7) is 8.40. The minimum absolute atomic E-state index is 0.00286. The van der Waals surface area contributed by atoms with Crippen molar-refractivity contribution in [1.29, 1.82) is 0 Å². The second-order valence-electron chi connectivity index (χ2n) is 6.24. The molecule has 0 bridgehead atoms. The van der Waals surface area contributed by atoms with Crippen LogP contribution < -0.4 is 15.5 Å². The van der Waals surface area contributed by atoms with Crippen molar-refractivity contribution in [2.24, 2.45) is 0 Å². The lowest BCUT2D eigenvalue weighted by molar-refractivity contribution is -0.856. The zero-order chi connectivity index (χ0) is 19.0. The van der Waals surface area contributed by atoms with Crippen LogP contribution in [0, 0.1) is 0 Å². The molecule has 0 spiro atoms. The van der Waals surface area contributed by atoms with Crippen molar-refractivity contribution in [3.63, 3.8) is 0 Å². The van der Waals surface area contributed by atoms with Gasteiger partial charge in [-0.05, 0) is 36.8 Å². The largest absolute Gasteiger partial charge is 0.357 e. The Morgan fingerprint density at radius 2 is 1.76 bits per heavy atom. The van der Waals surface area contributed by atoms with Crippen molar-refractivity contribution in [2.45, 2.75) is 31.7 Å². The number of rotatable bonds is 9. The molecule has 0 saturated carbocycles. The predicted molar refractivity (Wildman–Crippen MR) is 106 cm³/mol. The average molecular weight is 388 g/mol. The zero-order valence-electron chi connectivity index (χ0n) is 15.8. The van der Waals surface area contributed by atoms with Crippen molar-refractivity contribution >= 4 is 27.4 Å². The first kappa shape index (κ1) is 21.8. The highest BCUT2D eigenvalue weighted by atomic mass is 32.2. The van der Waals surface area contributed by atoms with E-state index in [9.17, 15) is 8.42 Å². The van der Waals surface area contributed by atoms with Gasteiger partial charge in [0, 0.05) is 13.1 Å². The lowest BCUT2D eigenvalue weighted by atomic mass is 10.1. The van der Waals surface area contributed by atoms with E-state index in [4.69, 9.17) is 12.2 Å².